The maximum Gasteiger partial charge on any atom is 0.0598 e. The molecule has 3 nitrogen and oxygen atoms in total. The summed E-state index contributed by atoms with van der Waals surface area (Å²) in [4.78, 5) is 0. The lowest BCUT2D eigenvalue weighted by Crippen LogP contribution is -2.36. The van der Waals surface area contributed by atoms with Crippen LogP contribution in [0.2, 0.25) is 0 Å². The van der Waals surface area contributed by atoms with E-state index in [1.807, 2.05) is 0 Å². The Balaban J connectivity index is 2.07. The summed E-state index contributed by atoms with van der Waals surface area (Å²) in [6, 6.07) is 0.867. The third-order valence-electron chi connectivity index (χ3n) is 2.27. The van der Waals surface area contributed by atoms with E-state index in [1.54, 1.807) is 0 Å². The van der Waals surface area contributed by atoms with Gasteiger partial charge in [0.05, 0.1) is 12.2 Å². The fourth-order valence-corrected chi connectivity index (χ4v) is 1.32. The molecule has 0 amide bonds. The van der Waals surface area contributed by atoms with Gasteiger partial charge in [0.15, 0.2) is 0 Å². The smallest absolute Gasteiger partial charge is 0.0598 e. The van der Waals surface area contributed by atoms with E-state index in [1.165, 1.54) is 12.8 Å². The lowest BCUT2D eigenvalue weighted by molar-refractivity contribution is -0.00931. The first-order chi connectivity index (χ1) is 6.51. The average Bonchev–Trinajstić information content (AvgIpc) is 2.84. The molecule has 2 N–H and O–H groups in total. The second-order valence-corrected chi connectivity index (χ2v) is 5.07. The van der Waals surface area contributed by atoms with E-state index in [2.05, 4.69) is 26.1 Å². The summed E-state index contributed by atoms with van der Waals surface area (Å²) in [5.74, 6) is 0. The zero-order valence-electron chi connectivity index (χ0n) is 9.55. The van der Waals surface area contributed by atoms with Crippen LogP contribution in [0.4, 0.5) is 0 Å². The van der Waals surface area contributed by atoms with Gasteiger partial charge in [-0.15, -0.1) is 0 Å². The van der Waals surface area contributed by atoms with Crippen molar-refractivity contribution in [1.29, 1.82) is 0 Å². The van der Waals surface area contributed by atoms with E-state index in [-0.39, 0.29) is 18.2 Å². The molecule has 0 heterocycles. The molecule has 1 fully saturated rings. The topological polar surface area (TPSA) is 41.5 Å². The Kier molecular flexibility index (Phi) is 4.35. The van der Waals surface area contributed by atoms with Crippen molar-refractivity contribution in [2.45, 2.75) is 57.7 Å². The van der Waals surface area contributed by atoms with Crippen LogP contribution >= 0.6 is 0 Å². The molecule has 1 aliphatic rings. The highest BCUT2D eigenvalue weighted by Crippen LogP contribution is 2.20. The van der Waals surface area contributed by atoms with E-state index in [0.29, 0.717) is 12.6 Å². The summed E-state index contributed by atoms with van der Waals surface area (Å²) in [6.07, 6.45) is 3.41. The summed E-state index contributed by atoms with van der Waals surface area (Å²) >= 11 is 0. The molecule has 1 rings (SSSR count). The summed E-state index contributed by atoms with van der Waals surface area (Å²) < 4.78 is 5.61. The lowest BCUT2D eigenvalue weighted by atomic mass is 10.2. The van der Waals surface area contributed by atoms with Gasteiger partial charge in [0.1, 0.15) is 0 Å². The van der Waals surface area contributed by atoms with Crippen molar-refractivity contribution in [2.75, 3.05) is 13.2 Å². The fourth-order valence-electron chi connectivity index (χ4n) is 1.32. The third-order valence-corrected chi connectivity index (χ3v) is 2.27. The Labute approximate surface area is 86.8 Å². The summed E-state index contributed by atoms with van der Waals surface area (Å²) in [5.41, 5.74) is -0.0699. The maximum atomic E-state index is 9.11. The molecule has 14 heavy (non-hydrogen) atoms. The zero-order chi connectivity index (χ0) is 10.6. The van der Waals surface area contributed by atoms with Gasteiger partial charge < -0.3 is 15.2 Å². The predicted molar refractivity (Wildman–Crippen MR) is 57.4 cm³/mol. The van der Waals surface area contributed by atoms with Crippen LogP contribution in [-0.2, 0) is 4.74 Å². The lowest BCUT2D eigenvalue weighted by Gasteiger charge is -2.22. The predicted octanol–water partition coefficient (Wildman–Crippen LogP) is 1.30. The van der Waals surface area contributed by atoms with Gasteiger partial charge in [0, 0.05) is 18.7 Å². The van der Waals surface area contributed by atoms with Crippen molar-refractivity contribution in [2.24, 2.45) is 0 Å². The number of ether oxygens (including phenoxy) is 1. The summed E-state index contributed by atoms with van der Waals surface area (Å²) in [7, 11) is 0. The quantitative estimate of drug-likeness (QED) is 0.680. The third kappa shape index (κ3) is 5.58. The van der Waals surface area contributed by atoms with Crippen LogP contribution in [0.3, 0.4) is 0 Å². The first-order valence-electron chi connectivity index (χ1n) is 5.52. The molecule has 1 aliphatic carbocycles. The molecule has 0 spiro atoms. The van der Waals surface area contributed by atoms with Crippen LogP contribution in [0.15, 0.2) is 0 Å². The molecule has 0 aromatic carbocycles. The van der Waals surface area contributed by atoms with Crippen LogP contribution < -0.4 is 5.32 Å². The molecule has 1 saturated carbocycles. The molecule has 84 valence electrons. The molecule has 0 bridgehead atoms. The van der Waals surface area contributed by atoms with Gasteiger partial charge in [-0.25, -0.2) is 0 Å². The highest BCUT2D eigenvalue weighted by atomic mass is 16.5. The van der Waals surface area contributed by atoms with Crippen molar-refractivity contribution in [3.63, 3.8) is 0 Å². The molecule has 0 aromatic rings. The molecular weight excluding hydrogens is 178 g/mol. The van der Waals surface area contributed by atoms with Crippen molar-refractivity contribution in [3.05, 3.63) is 0 Å². The summed E-state index contributed by atoms with van der Waals surface area (Å²) in [6.45, 7) is 7.08. The van der Waals surface area contributed by atoms with Gasteiger partial charge in [0.2, 0.25) is 0 Å². The first-order valence-corrected chi connectivity index (χ1v) is 5.52. The Morgan fingerprint density at radius 1 is 1.43 bits per heavy atom. The number of aliphatic hydroxyl groups is 1. The second kappa shape index (κ2) is 5.10. The molecule has 0 saturated heterocycles. The highest BCUT2D eigenvalue weighted by molar-refractivity contribution is 4.84. The van der Waals surface area contributed by atoms with Crippen LogP contribution in [0, 0.1) is 0 Å². The van der Waals surface area contributed by atoms with Gasteiger partial charge in [0.25, 0.3) is 0 Å². The Bertz CT molecular complexity index is 161. The normalized spacial score (nSPS) is 19.7. The molecule has 1 atom stereocenters. The number of rotatable bonds is 6. The minimum atomic E-state index is -0.0699. The van der Waals surface area contributed by atoms with Crippen LogP contribution in [0.25, 0.3) is 0 Å². The fraction of sp³-hybridized carbons (Fsp3) is 1.00. The summed E-state index contributed by atoms with van der Waals surface area (Å²) in [5, 5.41) is 12.5. The van der Waals surface area contributed by atoms with E-state index in [4.69, 9.17) is 9.84 Å². The minimum absolute atomic E-state index is 0.0699. The van der Waals surface area contributed by atoms with Gasteiger partial charge >= 0.3 is 0 Å². The number of aliphatic hydroxyl groups excluding tert-OH is 1. The van der Waals surface area contributed by atoms with Crippen LogP contribution in [-0.4, -0.2) is 36.0 Å². The first kappa shape index (κ1) is 12.0. The molecule has 1 unspecified atom stereocenters. The molecule has 0 aromatic heterocycles. The van der Waals surface area contributed by atoms with Crippen LogP contribution in [0.5, 0.6) is 0 Å². The van der Waals surface area contributed by atoms with Gasteiger partial charge in [-0.3, -0.25) is 0 Å². The van der Waals surface area contributed by atoms with E-state index >= 15 is 0 Å². The van der Waals surface area contributed by atoms with Crippen molar-refractivity contribution in [3.8, 4) is 0 Å². The molecular formula is C11H23NO2. The van der Waals surface area contributed by atoms with Crippen LogP contribution in [0.1, 0.15) is 40.0 Å². The van der Waals surface area contributed by atoms with Gasteiger partial charge in [-0.2, -0.15) is 0 Å². The molecule has 0 radical (unpaired) electrons. The maximum absolute atomic E-state index is 9.11. The van der Waals surface area contributed by atoms with E-state index in [0.717, 1.165) is 6.42 Å². The molecule has 0 aliphatic heterocycles. The standard InChI is InChI=1S/C11H23NO2/c1-11(2,3)14-7-6-10(8-13)12-9-4-5-9/h9-10,12-13H,4-8H2,1-3H3. The largest absolute Gasteiger partial charge is 0.395 e. The minimum Gasteiger partial charge on any atom is -0.395 e. The zero-order valence-corrected chi connectivity index (χ0v) is 9.55. The number of hydrogen-bond donors (Lipinski definition) is 2. The van der Waals surface area contributed by atoms with E-state index < -0.39 is 0 Å². The van der Waals surface area contributed by atoms with Gasteiger partial charge in [-0.1, -0.05) is 0 Å². The Morgan fingerprint density at radius 2 is 2.07 bits per heavy atom. The SMILES string of the molecule is CC(C)(C)OCCC(CO)NC1CC1. The second-order valence-electron chi connectivity index (χ2n) is 5.07. The Hall–Kier alpha value is -0.120. The van der Waals surface area contributed by atoms with Crippen molar-refractivity contribution < 1.29 is 9.84 Å². The number of nitrogens with one attached hydrogen (secondary N) is 1. The monoisotopic (exact) mass is 201 g/mol. The highest BCUT2D eigenvalue weighted by Gasteiger charge is 2.24. The molecule has 3 heteroatoms. The van der Waals surface area contributed by atoms with Crippen molar-refractivity contribution in [1.82, 2.24) is 5.32 Å². The van der Waals surface area contributed by atoms with Crippen molar-refractivity contribution >= 4 is 0 Å². The Morgan fingerprint density at radius 3 is 2.50 bits per heavy atom. The van der Waals surface area contributed by atoms with E-state index in [9.17, 15) is 0 Å². The van der Waals surface area contributed by atoms with Gasteiger partial charge in [-0.05, 0) is 40.0 Å². The number of hydrogen-bond acceptors (Lipinski definition) is 3. The average molecular weight is 201 g/mol.